The highest BCUT2D eigenvalue weighted by atomic mass is 32.1. The van der Waals surface area contributed by atoms with E-state index in [1.165, 1.54) is 17.7 Å². The second-order valence-electron chi connectivity index (χ2n) is 8.98. The van der Waals surface area contributed by atoms with E-state index in [2.05, 4.69) is 15.3 Å². The second-order valence-corrected chi connectivity index (χ2v) is 10.0. The van der Waals surface area contributed by atoms with Gasteiger partial charge in [-0.1, -0.05) is 47.2 Å². The molecule has 2 aliphatic rings. The number of likely N-dealkylation sites (tertiary alicyclic amines) is 1. The summed E-state index contributed by atoms with van der Waals surface area (Å²) in [6, 6.07) is 13.4. The number of nitrogens with zero attached hydrogens (tertiary/aromatic N) is 3. The summed E-state index contributed by atoms with van der Waals surface area (Å²) >= 11 is 1.33. The number of fused-ring (bicyclic) bond motifs is 2. The first-order chi connectivity index (χ1) is 16.5. The van der Waals surface area contributed by atoms with Gasteiger partial charge in [-0.3, -0.25) is 9.59 Å². The molecule has 2 fully saturated rings. The Morgan fingerprint density at radius 2 is 2.09 bits per heavy atom. The van der Waals surface area contributed by atoms with Crippen LogP contribution >= 0.6 is 11.3 Å². The van der Waals surface area contributed by atoms with Crippen molar-refractivity contribution in [3.8, 4) is 10.4 Å². The highest BCUT2D eigenvalue weighted by molar-refractivity contribution is 7.19. The normalized spacial score (nSPS) is 21.0. The first-order valence-corrected chi connectivity index (χ1v) is 12.1. The van der Waals surface area contributed by atoms with Crippen molar-refractivity contribution >= 4 is 39.4 Å². The fraction of sp³-hybridized carbons (Fsp3) is 0.280. The Kier molecular flexibility index (Phi) is 4.88. The number of para-hydroxylation sites is 1. The van der Waals surface area contributed by atoms with Crippen LogP contribution in [0, 0.1) is 12.8 Å². The van der Waals surface area contributed by atoms with Crippen molar-refractivity contribution in [2.24, 2.45) is 5.92 Å². The van der Waals surface area contributed by atoms with Crippen LogP contribution in [0.3, 0.4) is 0 Å². The molecule has 0 radical (unpaired) electrons. The number of thiazole rings is 1. The van der Waals surface area contributed by atoms with E-state index in [0.717, 1.165) is 28.8 Å². The Morgan fingerprint density at radius 3 is 2.94 bits per heavy atom. The summed E-state index contributed by atoms with van der Waals surface area (Å²) in [7, 11) is 0. The van der Waals surface area contributed by atoms with Crippen LogP contribution in [0.2, 0.25) is 0 Å². The number of nitrogens with two attached hydrogens (primary N) is 1. The number of hydrogen-bond acceptors (Lipinski definition) is 7. The highest BCUT2D eigenvalue weighted by Gasteiger charge is 2.54. The highest BCUT2D eigenvalue weighted by Crippen LogP contribution is 2.49. The standard InChI is InChI=1S/C25H23N5O3S/c1-13-4-2-5-14(8-13)22-21(29-25(26)34-22)24(32)30-16(9-15-10-18(15)30)11-27-23(31)17-6-3-7-19-20(17)28-12-33-19/h2-8,12,15-16,18H,9-11H2,1H3,(H2,26,29)(H,27,31)/t15-,16+,18+/m1/s1. The zero-order valence-electron chi connectivity index (χ0n) is 18.5. The lowest BCUT2D eigenvalue weighted by atomic mass is 10.1. The largest absolute Gasteiger partial charge is 0.443 e. The number of nitrogen functional groups attached to an aromatic ring is 1. The summed E-state index contributed by atoms with van der Waals surface area (Å²) in [5, 5.41) is 3.37. The van der Waals surface area contributed by atoms with Crippen LogP contribution in [-0.4, -0.2) is 45.3 Å². The summed E-state index contributed by atoms with van der Waals surface area (Å²) < 4.78 is 5.30. The molecule has 3 atom stereocenters. The number of carbonyl (C=O) groups excluding carboxylic acids is 2. The van der Waals surface area contributed by atoms with Crippen LogP contribution in [0.1, 0.15) is 39.3 Å². The van der Waals surface area contributed by atoms with Crippen LogP contribution in [-0.2, 0) is 0 Å². The predicted octanol–water partition coefficient (Wildman–Crippen LogP) is 3.87. The van der Waals surface area contributed by atoms with E-state index in [9.17, 15) is 9.59 Å². The molecule has 2 amide bonds. The molecule has 0 unspecified atom stereocenters. The van der Waals surface area contributed by atoms with Gasteiger partial charge in [-0.25, -0.2) is 9.97 Å². The average molecular weight is 474 g/mol. The number of benzene rings is 2. The van der Waals surface area contributed by atoms with Gasteiger partial charge < -0.3 is 20.4 Å². The summed E-state index contributed by atoms with van der Waals surface area (Å²) in [5.74, 6) is 0.126. The maximum atomic E-state index is 13.7. The number of rotatable bonds is 5. The maximum Gasteiger partial charge on any atom is 0.274 e. The molecular formula is C25H23N5O3S. The minimum Gasteiger partial charge on any atom is -0.443 e. The zero-order valence-corrected chi connectivity index (χ0v) is 19.3. The van der Waals surface area contributed by atoms with Gasteiger partial charge in [-0.05, 0) is 43.4 Å². The van der Waals surface area contributed by atoms with Gasteiger partial charge in [-0.2, -0.15) is 0 Å². The average Bonchev–Trinajstić information content (AvgIpc) is 3.18. The maximum absolute atomic E-state index is 13.7. The number of oxazole rings is 1. The summed E-state index contributed by atoms with van der Waals surface area (Å²) in [5.41, 5.74) is 10.0. The third-order valence-electron chi connectivity index (χ3n) is 6.68. The van der Waals surface area contributed by atoms with E-state index in [1.807, 2.05) is 36.1 Å². The van der Waals surface area contributed by atoms with Crippen molar-refractivity contribution in [1.29, 1.82) is 0 Å². The molecule has 9 heteroatoms. The van der Waals surface area contributed by atoms with Crippen LogP contribution < -0.4 is 11.1 Å². The van der Waals surface area contributed by atoms with Crippen LogP contribution in [0.5, 0.6) is 0 Å². The van der Waals surface area contributed by atoms with Crippen LogP contribution in [0.15, 0.2) is 53.3 Å². The molecule has 34 heavy (non-hydrogen) atoms. The number of aromatic nitrogens is 2. The first kappa shape index (κ1) is 20.9. The molecule has 1 aliphatic heterocycles. The third kappa shape index (κ3) is 3.52. The lowest BCUT2D eigenvalue weighted by molar-refractivity contribution is 0.0685. The molecule has 1 saturated carbocycles. The zero-order chi connectivity index (χ0) is 23.4. The van der Waals surface area contributed by atoms with Crippen molar-refractivity contribution in [2.75, 3.05) is 12.3 Å². The smallest absolute Gasteiger partial charge is 0.274 e. The summed E-state index contributed by atoms with van der Waals surface area (Å²) in [6.45, 7) is 2.38. The SMILES string of the molecule is Cc1cccc(-c2sc(N)nc2C(=O)N2[C@H](CNC(=O)c3cccc4ocnc34)C[C@@H]3C[C@@H]32)c1. The van der Waals surface area contributed by atoms with Gasteiger partial charge in [0.05, 0.1) is 16.5 Å². The fourth-order valence-corrected chi connectivity index (χ4v) is 5.84. The van der Waals surface area contributed by atoms with Crippen molar-refractivity contribution in [3.63, 3.8) is 0 Å². The topological polar surface area (TPSA) is 114 Å². The van der Waals surface area contributed by atoms with Crippen molar-refractivity contribution in [1.82, 2.24) is 20.2 Å². The van der Waals surface area contributed by atoms with Gasteiger partial charge in [-0.15, -0.1) is 0 Å². The van der Waals surface area contributed by atoms with Crippen molar-refractivity contribution in [2.45, 2.75) is 31.8 Å². The first-order valence-electron chi connectivity index (χ1n) is 11.3. The van der Waals surface area contributed by atoms with Crippen molar-refractivity contribution < 1.29 is 14.0 Å². The van der Waals surface area contributed by atoms with E-state index >= 15 is 0 Å². The van der Waals surface area contributed by atoms with Crippen molar-refractivity contribution in [3.05, 3.63) is 65.7 Å². The molecule has 1 saturated heterocycles. The quantitative estimate of drug-likeness (QED) is 0.455. The Balaban J connectivity index is 1.23. The van der Waals surface area contributed by atoms with E-state index < -0.39 is 0 Å². The molecule has 3 N–H and O–H groups in total. The Hall–Kier alpha value is -3.72. The number of anilines is 1. The number of aryl methyl sites for hydroxylation is 1. The molecule has 172 valence electrons. The van der Waals surface area contributed by atoms with Gasteiger partial charge in [0.15, 0.2) is 17.1 Å². The number of carbonyl (C=O) groups is 2. The van der Waals surface area contributed by atoms with Crippen LogP contribution in [0.4, 0.5) is 5.13 Å². The molecule has 4 aromatic rings. The van der Waals surface area contributed by atoms with Gasteiger partial charge in [0.25, 0.3) is 11.8 Å². The molecule has 2 aromatic heterocycles. The summed E-state index contributed by atoms with van der Waals surface area (Å²) in [6.07, 6.45) is 3.19. The third-order valence-corrected chi connectivity index (χ3v) is 7.61. The van der Waals surface area contributed by atoms with Gasteiger partial charge >= 0.3 is 0 Å². The molecule has 0 bridgehead atoms. The number of piperidine rings is 1. The molecule has 3 heterocycles. The molecule has 1 aliphatic carbocycles. The molecule has 8 nitrogen and oxygen atoms in total. The van der Waals surface area contributed by atoms with E-state index in [-0.39, 0.29) is 23.9 Å². The van der Waals surface area contributed by atoms with Gasteiger partial charge in [0.2, 0.25) is 0 Å². The van der Waals surface area contributed by atoms with Gasteiger partial charge in [0, 0.05) is 12.6 Å². The number of amides is 2. The Labute approximate surface area is 199 Å². The molecule has 6 rings (SSSR count). The minimum absolute atomic E-state index is 0.0926. The number of hydrogen-bond donors (Lipinski definition) is 2. The van der Waals surface area contributed by atoms with Crippen LogP contribution in [0.25, 0.3) is 21.5 Å². The predicted molar refractivity (Wildman–Crippen MR) is 130 cm³/mol. The molecule has 0 spiro atoms. The fourth-order valence-electron chi connectivity index (χ4n) is 5.02. The van der Waals surface area contributed by atoms with E-state index in [4.69, 9.17) is 10.2 Å². The van der Waals surface area contributed by atoms with Gasteiger partial charge in [0.1, 0.15) is 11.2 Å². The van der Waals surface area contributed by atoms with E-state index in [1.54, 1.807) is 18.2 Å². The molecule has 2 aromatic carbocycles. The molecular weight excluding hydrogens is 450 g/mol. The lowest BCUT2D eigenvalue weighted by Crippen LogP contribution is -2.45. The monoisotopic (exact) mass is 473 g/mol. The Morgan fingerprint density at radius 1 is 1.24 bits per heavy atom. The Bertz CT molecular complexity index is 1430. The second kappa shape index (κ2) is 7.95. The lowest BCUT2D eigenvalue weighted by Gasteiger charge is -2.27. The van der Waals surface area contributed by atoms with E-state index in [0.29, 0.717) is 40.0 Å². The summed E-state index contributed by atoms with van der Waals surface area (Å²) in [4.78, 5) is 37.9. The number of nitrogens with one attached hydrogen (secondary N) is 1. The minimum atomic E-state index is -0.231.